The monoisotopic (exact) mass is 511 g/mol. The molecule has 3 fully saturated rings. The van der Waals surface area contributed by atoms with E-state index in [2.05, 4.69) is 22.2 Å². The van der Waals surface area contributed by atoms with Gasteiger partial charge in [-0.15, -0.1) is 11.3 Å². The average Bonchev–Trinajstić information content (AvgIpc) is 3.55. The molecule has 3 saturated heterocycles. The molecule has 0 bridgehead atoms. The Morgan fingerprint density at radius 3 is 2.94 bits per heavy atom. The molecular weight excluding hydrogens is 486 g/mol. The Hall–Kier alpha value is -2.59. The van der Waals surface area contributed by atoms with Gasteiger partial charge in [-0.25, -0.2) is 14.8 Å². The van der Waals surface area contributed by atoms with Crippen molar-refractivity contribution >= 4 is 45.1 Å². The Morgan fingerprint density at radius 2 is 2.14 bits per heavy atom. The minimum atomic E-state index is -0.291. The number of hydrogen-bond donors (Lipinski definition) is 1. The van der Waals surface area contributed by atoms with Crippen LogP contribution in [0.1, 0.15) is 28.8 Å². The zero-order chi connectivity index (χ0) is 24.1. The minimum absolute atomic E-state index is 0.0836. The van der Waals surface area contributed by atoms with Crippen LogP contribution in [-0.4, -0.2) is 70.1 Å². The summed E-state index contributed by atoms with van der Waals surface area (Å²) in [5.41, 5.74) is 4.84. The molecule has 2 atom stereocenters. The molecule has 0 aliphatic carbocycles. The van der Waals surface area contributed by atoms with Crippen molar-refractivity contribution < 1.29 is 14.3 Å². The predicted molar refractivity (Wildman–Crippen MR) is 135 cm³/mol. The highest BCUT2D eigenvalue weighted by Crippen LogP contribution is 2.38. The van der Waals surface area contributed by atoms with Crippen LogP contribution in [0.4, 0.5) is 4.79 Å². The lowest BCUT2D eigenvalue weighted by Crippen LogP contribution is -2.39. The Labute approximate surface area is 212 Å². The third-order valence-corrected chi connectivity index (χ3v) is 8.42. The second kappa shape index (κ2) is 9.13. The zero-order valence-electron chi connectivity index (χ0n) is 19.4. The molecule has 1 N–H and O–H groups in total. The summed E-state index contributed by atoms with van der Waals surface area (Å²) in [4.78, 5) is 38.7. The molecule has 1 aromatic carbocycles. The summed E-state index contributed by atoms with van der Waals surface area (Å²) in [6.45, 7) is 5.35. The maximum absolute atomic E-state index is 12.8. The first-order valence-corrected chi connectivity index (χ1v) is 13.2. The number of fused-ring (bicyclic) bond motifs is 2. The van der Waals surface area contributed by atoms with Crippen LogP contribution in [0, 0.1) is 6.92 Å². The van der Waals surface area contributed by atoms with Crippen molar-refractivity contribution in [1.29, 1.82) is 0 Å². The van der Waals surface area contributed by atoms with Gasteiger partial charge in [0.1, 0.15) is 12.4 Å². The van der Waals surface area contributed by atoms with Crippen LogP contribution in [0.25, 0.3) is 21.5 Å². The van der Waals surface area contributed by atoms with Gasteiger partial charge in [-0.3, -0.25) is 9.69 Å². The summed E-state index contributed by atoms with van der Waals surface area (Å²) in [7, 11) is 0. The van der Waals surface area contributed by atoms with Crippen LogP contribution in [0.15, 0.2) is 24.5 Å². The number of halogens is 1. The van der Waals surface area contributed by atoms with Gasteiger partial charge in [-0.05, 0) is 49.1 Å². The number of amides is 3. The van der Waals surface area contributed by atoms with E-state index in [1.807, 2.05) is 18.2 Å². The maximum Gasteiger partial charge on any atom is 0.327 e. The SMILES string of the molecule is Cc1cc(Cl)cc(-c2ncnc3cc(CN4C(=O)C5CCCN5C4=O)sc23)c1CC1CNCCO1. The second-order valence-electron chi connectivity index (χ2n) is 9.36. The molecule has 35 heavy (non-hydrogen) atoms. The van der Waals surface area contributed by atoms with Crippen LogP contribution >= 0.6 is 22.9 Å². The molecule has 182 valence electrons. The van der Waals surface area contributed by atoms with Crippen molar-refractivity contribution in [2.24, 2.45) is 0 Å². The van der Waals surface area contributed by atoms with E-state index in [4.69, 9.17) is 16.3 Å². The van der Waals surface area contributed by atoms with Crippen LogP contribution in [0.3, 0.4) is 0 Å². The number of aryl methyl sites for hydroxylation is 1. The Kier molecular flexibility index (Phi) is 5.96. The van der Waals surface area contributed by atoms with E-state index >= 15 is 0 Å². The standard InChI is InChI=1S/C25H26ClN5O3S/c1-14-7-15(26)8-19(18(14)9-16-11-27-4-6-34-16)22-23-20(28-13-29-22)10-17(35-23)12-31-24(32)21-3-2-5-30(21)25(31)33/h7-8,10,13,16,21,27H,2-6,9,11-12H2,1H3. The highest BCUT2D eigenvalue weighted by Gasteiger charge is 2.47. The molecule has 3 amide bonds. The van der Waals surface area contributed by atoms with Crippen LogP contribution in [0.5, 0.6) is 0 Å². The fourth-order valence-corrected chi connectivity index (χ4v) is 6.77. The van der Waals surface area contributed by atoms with E-state index in [-0.39, 0.29) is 30.6 Å². The highest BCUT2D eigenvalue weighted by atomic mass is 35.5. The normalized spacial score (nSPS) is 22.5. The summed E-state index contributed by atoms with van der Waals surface area (Å²) in [5.74, 6) is -0.0925. The Bertz CT molecular complexity index is 1300. The van der Waals surface area contributed by atoms with Crippen molar-refractivity contribution in [3.8, 4) is 11.3 Å². The lowest BCUT2D eigenvalue weighted by atomic mass is 9.94. The highest BCUT2D eigenvalue weighted by molar-refractivity contribution is 7.19. The van der Waals surface area contributed by atoms with Gasteiger partial charge < -0.3 is 15.0 Å². The van der Waals surface area contributed by atoms with E-state index in [0.29, 0.717) is 18.2 Å². The number of hydrogen-bond acceptors (Lipinski definition) is 7. The number of thiophene rings is 1. The van der Waals surface area contributed by atoms with E-state index in [0.717, 1.165) is 69.8 Å². The second-order valence-corrected chi connectivity index (χ2v) is 10.9. The van der Waals surface area contributed by atoms with E-state index < -0.39 is 0 Å². The Morgan fingerprint density at radius 1 is 1.26 bits per heavy atom. The minimum Gasteiger partial charge on any atom is -0.375 e. The molecule has 5 heterocycles. The molecular formula is C25H26ClN5O3S. The number of aromatic nitrogens is 2. The number of morpholine rings is 1. The van der Waals surface area contributed by atoms with Gasteiger partial charge in [0.15, 0.2) is 0 Å². The number of carbonyl (C=O) groups is 2. The predicted octanol–water partition coefficient (Wildman–Crippen LogP) is 3.78. The summed E-state index contributed by atoms with van der Waals surface area (Å²) >= 11 is 8.02. The lowest BCUT2D eigenvalue weighted by Gasteiger charge is -2.25. The van der Waals surface area contributed by atoms with Gasteiger partial charge in [-0.1, -0.05) is 11.6 Å². The Balaban J connectivity index is 1.36. The number of imide groups is 1. The first-order chi connectivity index (χ1) is 17.0. The van der Waals surface area contributed by atoms with Gasteiger partial charge in [-0.2, -0.15) is 0 Å². The summed E-state index contributed by atoms with van der Waals surface area (Å²) in [6.07, 6.45) is 4.04. The maximum atomic E-state index is 12.8. The summed E-state index contributed by atoms with van der Waals surface area (Å²) in [5, 5.41) is 4.05. The molecule has 2 aromatic heterocycles. The van der Waals surface area contributed by atoms with E-state index in [1.54, 1.807) is 11.2 Å². The number of urea groups is 1. The molecule has 10 heteroatoms. The van der Waals surface area contributed by atoms with Crippen LogP contribution in [0.2, 0.25) is 5.02 Å². The van der Waals surface area contributed by atoms with Crippen molar-refractivity contribution in [3.05, 3.63) is 45.6 Å². The lowest BCUT2D eigenvalue weighted by molar-refractivity contribution is -0.128. The molecule has 0 spiro atoms. The number of nitrogens with one attached hydrogen (secondary N) is 1. The van der Waals surface area contributed by atoms with Crippen molar-refractivity contribution in [3.63, 3.8) is 0 Å². The van der Waals surface area contributed by atoms with Gasteiger partial charge in [0.25, 0.3) is 5.91 Å². The first-order valence-electron chi connectivity index (χ1n) is 12.0. The molecule has 0 saturated carbocycles. The summed E-state index contributed by atoms with van der Waals surface area (Å²) in [6, 6.07) is 5.42. The molecule has 2 unspecified atom stereocenters. The van der Waals surface area contributed by atoms with Crippen LogP contribution in [-0.2, 0) is 22.5 Å². The zero-order valence-corrected chi connectivity index (χ0v) is 21.0. The number of benzene rings is 1. The number of ether oxygens (including phenoxy) is 1. The average molecular weight is 512 g/mol. The van der Waals surface area contributed by atoms with E-state index in [9.17, 15) is 9.59 Å². The van der Waals surface area contributed by atoms with Gasteiger partial charge >= 0.3 is 6.03 Å². The third-order valence-electron chi connectivity index (χ3n) is 7.09. The molecule has 3 aliphatic rings. The summed E-state index contributed by atoms with van der Waals surface area (Å²) < 4.78 is 6.90. The molecule has 8 nitrogen and oxygen atoms in total. The number of rotatable bonds is 5. The van der Waals surface area contributed by atoms with Crippen molar-refractivity contribution in [2.45, 2.75) is 44.9 Å². The largest absolute Gasteiger partial charge is 0.375 e. The molecule has 3 aliphatic heterocycles. The third kappa shape index (κ3) is 4.10. The number of carbonyl (C=O) groups excluding carboxylic acids is 2. The fraction of sp³-hybridized carbons (Fsp3) is 0.440. The first kappa shape index (κ1) is 22.8. The number of nitrogens with zero attached hydrogens (tertiary/aromatic N) is 4. The van der Waals surface area contributed by atoms with Crippen molar-refractivity contribution in [2.75, 3.05) is 26.2 Å². The quantitative estimate of drug-likeness (QED) is 0.524. The van der Waals surface area contributed by atoms with E-state index in [1.165, 1.54) is 16.2 Å². The topological polar surface area (TPSA) is 87.7 Å². The smallest absolute Gasteiger partial charge is 0.327 e. The fourth-order valence-electron chi connectivity index (χ4n) is 5.39. The van der Waals surface area contributed by atoms with Gasteiger partial charge in [0.2, 0.25) is 0 Å². The van der Waals surface area contributed by atoms with Gasteiger partial charge in [0, 0.05) is 41.5 Å². The molecule has 3 aromatic rings. The molecule has 0 radical (unpaired) electrons. The van der Waals surface area contributed by atoms with Gasteiger partial charge in [0.05, 0.1) is 35.2 Å². The van der Waals surface area contributed by atoms with Crippen LogP contribution < -0.4 is 5.32 Å². The van der Waals surface area contributed by atoms with Crippen molar-refractivity contribution in [1.82, 2.24) is 25.1 Å². The molecule has 6 rings (SSSR count).